The number of hydrogen-bond acceptors (Lipinski definition) is 4. The first-order valence-corrected chi connectivity index (χ1v) is 7.61. The van der Waals surface area contributed by atoms with Gasteiger partial charge in [0.25, 0.3) is 0 Å². The van der Waals surface area contributed by atoms with E-state index < -0.39 is 11.9 Å². The van der Waals surface area contributed by atoms with Crippen LogP contribution in [-0.4, -0.2) is 24.2 Å². The molecule has 1 unspecified atom stereocenters. The van der Waals surface area contributed by atoms with Gasteiger partial charge in [0.05, 0.1) is 18.6 Å². The Bertz CT molecular complexity index is 689. The molecule has 24 heavy (non-hydrogen) atoms. The van der Waals surface area contributed by atoms with E-state index in [9.17, 15) is 9.59 Å². The lowest BCUT2D eigenvalue weighted by Crippen LogP contribution is -2.12. The number of aliphatic carboxylic acids is 1. The molecule has 0 aromatic heterocycles. The molecule has 2 rings (SSSR count). The standard InChI is InChI=1S/C19H20O5/c1-13(18(20)21)11-14-5-9-17(10-6-14)24-12-15-3-7-16(8-4-15)19(22)23-2/h3-10,13H,11-12H2,1-2H3,(H,20,21). The van der Waals surface area contributed by atoms with Gasteiger partial charge >= 0.3 is 11.9 Å². The monoisotopic (exact) mass is 328 g/mol. The van der Waals surface area contributed by atoms with E-state index in [4.69, 9.17) is 9.84 Å². The van der Waals surface area contributed by atoms with Crippen LogP contribution in [0.25, 0.3) is 0 Å². The number of carbonyl (C=O) groups excluding carboxylic acids is 1. The van der Waals surface area contributed by atoms with Crippen LogP contribution in [0.2, 0.25) is 0 Å². The van der Waals surface area contributed by atoms with Crippen LogP contribution >= 0.6 is 0 Å². The van der Waals surface area contributed by atoms with E-state index in [1.54, 1.807) is 19.1 Å². The maximum atomic E-state index is 11.4. The zero-order chi connectivity index (χ0) is 17.5. The molecular weight excluding hydrogens is 308 g/mol. The Balaban J connectivity index is 1.90. The van der Waals surface area contributed by atoms with Crippen molar-refractivity contribution in [3.8, 4) is 5.75 Å². The number of hydrogen-bond donors (Lipinski definition) is 1. The second kappa shape index (κ2) is 8.15. The molecule has 0 amide bonds. The molecule has 126 valence electrons. The number of carboxylic acid groups (broad SMARTS) is 1. The molecule has 0 saturated carbocycles. The Kier molecular flexibility index (Phi) is 5.95. The minimum absolute atomic E-state index is 0.367. The van der Waals surface area contributed by atoms with E-state index in [1.165, 1.54) is 7.11 Å². The molecule has 0 saturated heterocycles. The Hall–Kier alpha value is -2.82. The van der Waals surface area contributed by atoms with Crippen molar-refractivity contribution in [1.82, 2.24) is 0 Å². The van der Waals surface area contributed by atoms with Crippen LogP contribution in [0, 0.1) is 5.92 Å². The Morgan fingerprint density at radius 3 is 2.12 bits per heavy atom. The molecule has 0 spiro atoms. The highest BCUT2D eigenvalue weighted by molar-refractivity contribution is 5.89. The SMILES string of the molecule is COC(=O)c1ccc(COc2ccc(CC(C)C(=O)O)cc2)cc1. The van der Waals surface area contributed by atoms with E-state index in [2.05, 4.69) is 4.74 Å². The Morgan fingerprint density at radius 1 is 1.00 bits per heavy atom. The van der Waals surface area contributed by atoms with Crippen molar-refractivity contribution in [2.75, 3.05) is 7.11 Å². The fourth-order valence-electron chi connectivity index (χ4n) is 2.18. The third kappa shape index (κ3) is 4.84. The molecule has 0 aliphatic heterocycles. The summed E-state index contributed by atoms with van der Waals surface area (Å²) in [5, 5.41) is 8.92. The molecule has 2 aromatic carbocycles. The summed E-state index contributed by atoms with van der Waals surface area (Å²) in [4.78, 5) is 22.2. The number of ether oxygens (including phenoxy) is 2. The predicted octanol–water partition coefficient (Wildman–Crippen LogP) is 3.32. The lowest BCUT2D eigenvalue weighted by atomic mass is 10.0. The molecule has 0 heterocycles. The smallest absolute Gasteiger partial charge is 0.337 e. The first kappa shape index (κ1) is 17.5. The third-order valence-corrected chi connectivity index (χ3v) is 3.67. The van der Waals surface area contributed by atoms with Crippen molar-refractivity contribution in [3.05, 3.63) is 65.2 Å². The predicted molar refractivity (Wildman–Crippen MR) is 89.1 cm³/mol. The fraction of sp³-hybridized carbons (Fsp3) is 0.263. The first-order chi connectivity index (χ1) is 11.5. The van der Waals surface area contributed by atoms with Gasteiger partial charge in [-0.2, -0.15) is 0 Å². The van der Waals surface area contributed by atoms with Gasteiger partial charge in [0.15, 0.2) is 0 Å². The first-order valence-electron chi connectivity index (χ1n) is 7.61. The number of benzene rings is 2. The summed E-state index contributed by atoms with van der Waals surface area (Å²) in [6, 6.07) is 14.4. The van der Waals surface area contributed by atoms with Gasteiger partial charge in [-0.1, -0.05) is 31.2 Å². The van der Waals surface area contributed by atoms with Crippen LogP contribution in [-0.2, 0) is 22.6 Å². The van der Waals surface area contributed by atoms with Crippen molar-refractivity contribution in [1.29, 1.82) is 0 Å². The summed E-state index contributed by atoms with van der Waals surface area (Å²) in [7, 11) is 1.35. The number of carboxylic acids is 1. The summed E-state index contributed by atoms with van der Waals surface area (Å²) in [6.07, 6.45) is 0.491. The zero-order valence-corrected chi connectivity index (χ0v) is 13.7. The van der Waals surface area contributed by atoms with Crippen molar-refractivity contribution in [2.45, 2.75) is 20.0 Å². The largest absolute Gasteiger partial charge is 0.489 e. The van der Waals surface area contributed by atoms with Gasteiger partial charge in [-0.05, 0) is 41.8 Å². The molecule has 1 N–H and O–H groups in total. The minimum atomic E-state index is -0.800. The zero-order valence-electron chi connectivity index (χ0n) is 13.7. The van der Waals surface area contributed by atoms with Gasteiger partial charge in [0, 0.05) is 0 Å². The van der Waals surface area contributed by atoms with Crippen LogP contribution in [0.1, 0.15) is 28.4 Å². The van der Waals surface area contributed by atoms with Gasteiger partial charge < -0.3 is 14.6 Å². The molecule has 0 bridgehead atoms. The normalized spacial score (nSPS) is 11.6. The van der Waals surface area contributed by atoms with E-state index in [0.29, 0.717) is 24.3 Å². The lowest BCUT2D eigenvalue weighted by molar-refractivity contribution is -0.141. The molecular formula is C19H20O5. The third-order valence-electron chi connectivity index (χ3n) is 3.67. The Labute approximate surface area is 140 Å². The van der Waals surface area contributed by atoms with Crippen LogP contribution < -0.4 is 4.74 Å². The molecule has 0 fully saturated rings. The van der Waals surface area contributed by atoms with Crippen LogP contribution in [0.5, 0.6) is 5.75 Å². The number of carbonyl (C=O) groups is 2. The maximum absolute atomic E-state index is 11.4. The van der Waals surface area contributed by atoms with Crippen molar-refractivity contribution >= 4 is 11.9 Å². The molecule has 0 aliphatic carbocycles. The van der Waals surface area contributed by atoms with E-state index in [0.717, 1.165) is 11.1 Å². The average Bonchev–Trinajstić information content (AvgIpc) is 2.60. The molecule has 0 aliphatic rings. The highest BCUT2D eigenvalue weighted by Gasteiger charge is 2.11. The highest BCUT2D eigenvalue weighted by atomic mass is 16.5. The number of rotatable bonds is 7. The summed E-state index contributed by atoms with van der Waals surface area (Å²) in [5.74, 6) is -0.872. The number of esters is 1. The molecule has 1 atom stereocenters. The van der Waals surface area contributed by atoms with Crippen LogP contribution in [0.4, 0.5) is 0 Å². The van der Waals surface area contributed by atoms with E-state index >= 15 is 0 Å². The summed E-state index contributed by atoms with van der Waals surface area (Å²) in [5.41, 5.74) is 2.39. The van der Waals surface area contributed by atoms with Crippen molar-refractivity contribution in [2.24, 2.45) is 5.92 Å². The van der Waals surface area contributed by atoms with Crippen LogP contribution in [0.15, 0.2) is 48.5 Å². The summed E-state index contributed by atoms with van der Waals surface area (Å²) >= 11 is 0. The van der Waals surface area contributed by atoms with Crippen molar-refractivity contribution in [3.63, 3.8) is 0 Å². The molecule has 5 heteroatoms. The lowest BCUT2D eigenvalue weighted by Gasteiger charge is -2.09. The second-order valence-corrected chi connectivity index (χ2v) is 5.56. The summed E-state index contributed by atoms with van der Waals surface area (Å²) < 4.78 is 10.3. The fourth-order valence-corrected chi connectivity index (χ4v) is 2.18. The average molecular weight is 328 g/mol. The minimum Gasteiger partial charge on any atom is -0.489 e. The van der Waals surface area contributed by atoms with Gasteiger partial charge in [-0.25, -0.2) is 4.79 Å². The molecule has 5 nitrogen and oxygen atoms in total. The maximum Gasteiger partial charge on any atom is 0.337 e. The van der Waals surface area contributed by atoms with Gasteiger partial charge in [-0.3, -0.25) is 4.79 Å². The highest BCUT2D eigenvalue weighted by Crippen LogP contribution is 2.17. The van der Waals surface area contributed by atoms with Gasteiger partial charge in [0.2, 0.25) is 0 Å². The van der Waals surface area contributed by atoms with Gasteiger partial charge in [0.1, 0.15) is 12.4 Å². The summed E-state index contributed by atoms with van der Waals surface area (Å²) in [6.45, 7) is 2.07. The van der Waals surface area contributed by atoms with Crippen LogP contribution in [0.3, 0.4) is 0 Å². The topological polar surface area (TPSA) is 72.8 Å². The Morgan fingerprint density at radius 2 is 1.58 bits per heavy atom. The van der Waals surface area contributed by atoms with E-state index in [-0.39, 0.29) is 5.97 Å². The second-order valence-electron chi connectivity index (χ2n) is 5.56. The van der Waals surface area contributed by atoms with E-state index in [1.807, 2.05) is 36.4 Å². The quantitative estimate of drug-likeness (QED) is 0.789. The van der Waals surface area contributed by atoms with Crippen molar-refractivity contribution < 1.29 is 24.2 Å². The van der Waals surface area contributed by atoms with Gasteiger partial charge in [-0.15, -0.1) is 0 Å². The number of methoxy groups -OCH3 is 1. The molecule has 2 aromatic rings. The molecule has 0 radical (unpaired) electrons.